The number of rotatable bonds is 5. The van der Waals surface area contributed by atoms with Crippen LogP contribution in [0.3, 0.4) is 0 Å². The molecule has 0 fully saturated rings. The highest BCUT2D eigenvalue weighted by atomic mass is 32.2. The molecule has 1 aromatic rings. The summed E-state index contributed by atoms with van der Waals surface area (Å²) in [6, 6.07) is 1.56. The van der Waals surface area contributed by atoms with Crippen LogP contribution in [0, 0.1) is 0 Å². The summed E-state index contributed by atoms with van der Waals surface area (Å²) in [5.41, 5.74) is 0.750. The molecule has 0 aliphatic rings. The molecule has 0 saturated heterocycles. The quantitative estimate of drug-likeness (QED) is 0.861. The molecule has 0 spiro atoms. The third-order valence-corrected chi connectivity index (χ3v) is 3.30. The number of hydrogen-bond acceptors (Lipinski definition) is 4. The molecule has 0 atom stereocenters. The lowest BCUT2D eigenvalue weighted by atomic mass is 10.1. The lowest BCUT2D eigenvalue weighted by Crippen LogP contribution is -2.35. The average Bonchev–Trinajstić information content (AvgIpc) is 2.22. The second kappa shape index (κ2) is 6.38. The van der Waals surface area contributed by atoms with Crippen molar-refractivity contribution in [3.63, 3.8) is 0 Å². The van der Waals surface area contributed by atoms with Gasteiger partial charge in [-0.25, -0.2) is 4.98 Å². The van der Waals surface area contributed by atoms with Crippen molar-refractivity contribution in [2.45, 2.75) is 57.7 Å². The van der Waals surface area contributed by atoms with E-state index >= 15 is 0 Å². The van der Waals surface area contributed by atoms with Gasteiger partial charge < -0.3 is 10.3 Å². The van der Waals surface area contributed by atoms with E-state index in [1.54, 1.807) is 17.8 Å². The van der Waals surface area contributed by atoms with Gasteiger partial charge >= 0.3 is 0 Å². The summed E-state index contributed by atoms with van der Waals surface area (Å²) in [6.07, 6.45) is 0. The molecular weight excluding hydrogens is 246 g/mol. The van der Waals surface area contributed by atoms with Crippen molar-refractivity contribution in [2.24, 2.45) is 0 Å². The van der Waals surface area contributed by atoms with Crippen molar-refractivity contribution in [1.82, 2.24) is 15.3 Å². The van der Waals surface area contributed by atoms with E-state index in [1.165, 1.54) is 0 Å². The standard InChI is InChI=1S/C13H23N3OS/c1-9(2)18-8-11-15-10(6-12(17)16-11)7-14-13(3,4)5/h6,9,14H,7-8H2,1-5H3,(H,15,16,17). The van der Waals surface area contributed by atoms with E-state index in [0.717, 1.165) is 17.3 Å². The van der Waals surface area contributed by atoms with Gasteiger partial charge in [0.2, 0.25) is 0 Å². The van der Waals surface area contributed by atoms with Crippen molar-refractivity contribution >= 4 is 11.8 Å². The summed E-state index contributed by atoms with van der Waals surface area (Å²) < 4.78 is 0. The first kappa shape index (κ1) is 15.2. The molecule has 102 valence electrons. The summed E-state index contributed by atoms with van der Waals surface area (Å²) in [6.45, 7) is 11.2. The molecule has 0 aliphatic carbocycles. The molecule has 1 aromatic heterocycles. The van der Waals surface area contributed by atoms with Crippen molar-refractivity contribution < 1.29 is 0 Å². The fourth-order valence-corrected chi connectivity index (χ4v) is 1.95. The highest BCUT2D eigenvalue weighted by Crippen LogP contribution is 2.13. The molecule has 0 amide bonds. The second-order valence-corrected chi connectivity index (χ2v) is 7.21. The third-order valence-electron chi connectivity index (χ3n) is 2.20. The van der Waals surface area contributed by atoms with Crippen LogP contribution in [0.4, 0.5) is 0 Å². The molecule has 18 heavy (non-hydrogen) atoms. The zero-order chi connectivity index (χ0) is 13.8. The van der Waals surface area contributed by atoms with E-state index in [4.69, 9.17) is 0 Å². The summed E-state index contributed by atoms with van der Waals surface area (Å²) in [5, 5.41) is 3.87. The molecule has 0 aliphatic heterocycles. The summed E-state index contributed by atoms with van der Waals surface area (Å²) in [4.78, 5) is 18.8. The molecule has 0 radical (unpaired) electrons. The number of thioether (sulfide) groups is 1. The molecule has 2 N–H and O–H groups in total. The number of H-pyrrole nitrogens is 1. The smallest absolute Gasteiger partial charge is 0.251 e. The predicted molar refractivity (Wildman–Crippen MR) is 77.9 cm³/mol. The van der Waals surface area contributed by atoms with Crippen LogP contribution in [-0.2, 0) is 12.3 Å². The topological polar surface area (TPSA) is 57.8 Å². The Morgan fingerprint density at radius 1 is 1.44 bits per heavy atom. The minimum absolute atomic E-state index is 0.0249. The van der Waals surface area contributed by atoms with E-state index in [2.05, 4.69) is 49.9 Å². The van der Waals surface area contributed by atoms with Crippen LogP contribution in [0.1, 0.15) is 46.1 Å². The predicted octanol–water partition coefficient (Wildman–Crippen LogP) is 2.30. The molecule has 0 saturated carbocycles. The first-order valence-corrected chi connectivity index (χ1v) is 7.27. The summed E-state index contributed by atoms with van der Waals surface area (Å²) in [7, 11) is 0. The molecule has 1 heterocycles. The molecule has 0 unspecified atom stereocenters. The van der Waals surface area contributed by atoms with E-state index in [9.17, 15) is 4.79 Å². The molecule has 0 bridgehead atoms. The second-order valence-electron chi connectivity index (χ2n) is 5.65. The SMILES string of the molecule is CC(C)SCc1nc(CNC(C)(C)C)cc(=O)[nH]1. The van der Waals surface area contributed by atoms with Crippen molar-refractivity contribution in [3.05, 3.63) is 27.9 Å². The highest BCUT2D eigenvalue weighted by molar-refractivity contribution is 7.99. The Bertz CT molecular complexity index is 435. The normalized spacial score (nSPS) is 12.1. The van der Waals surface area contributed by atoms with Crippen LogP contribution in [0.5, 0.6) is 0 Å². The van der Waals surface area contributed by atoms with E-state index in [-0.39, 0.29) is 11.1 Å². The van der Waals surface area contributed by atoms with Gasteiger partial charge in [0.25, 0.3) is 5.56 Å². The fraction of sp³-hybridized carbons (Fsp3) is 0.692. The monoisotopic (exact) mass is 269 g/mol. The van der Waals surface area contributed by atoms with Crippen LogP contribution in [0.2, 0.25) is 0 Å². The van der Waals surface area contributed by atoms with Gasteiger partial charge in [0.1, 0.15) is 5.82 Å². The lowest BCUT2D eigenvalue weighted by Gasteiger charge is -2.20. The summed E-state index contributed by atoms with van der Waals surface area (Å²) >= 11 is 1.77. The van der Waals surface area contributed by atoms with Gasteiger partial charge in [-0.15, -0.1) is 0 Å². The van der Waals surface area contributed by atoms with Crippen molar-refractivity contribution in [3.8, 4) is 0 Å². The zero-order valence-corrected chi connectivity index (χ0v) is 12.6. The maximum absolute atomic E-state index is 11.5. The molecule has 1 rings (SSSR count). The van der Waals surface area contributed by atoms with Gasteiger partial charge in [0.05, 0.1) is 11.4 Å². The Balaban J connectivity index is 2.71. The molecule has 4 nitrogen and oxygen atoms in total. The van der Waals surface area contributed by atoms with Gasteiger partial charge in [-0.3, -0.25) is 4.79 Å². The Hall–Kier alpha value is -0.810. The Labute approximate surface area is 113 Å². The maximum Gasteiger partial charge on any atom is 0.251 e. The number of nitrogens with zero attached hydrogens (tertiary/aromatic N) is 1. The van der Waals surface area contributed by atoms with Gasteiger partial charge in [-0.2, -0.15) is 11.8 Å². The molecular formula is C13H23N3OS. The van der Waals surface area contributed by atoms with Crippen LogP contribution in [-0.4, -0.2) is 20.8 Å². The summed E-state index contributed by atoms with van der Waals surface area (Å²) in [5.74, 6) is 1.50. The Morgan fingerprint density at radius 3 is 2.67 bits per heavy atom. The number of hydrogen-bond donors (Lipinski definition) is 2. The number of nitrogens with one attached hydrogen (secondary N) is 2. The largest absolute Gasteiger partial charge is 0.310 e. The first-order chi connectivity index (χ1) is 8.26. The Kier molecular flexibility index (Phi) is 5.41. The van der Waals surface area contributed by atoms with Gasteiger partial charge in [0.15, 0.2) is 0 Å². The molecule has 0 aromatic carbocycles. The first-order valence-electron chi connectivity index (χ1n) is 6.22. The van der Waals surface area contributed by atoms with Crippen LogP contribution >= 0.6 is 11.8 Å². The fourth-order valence-electron chi connectivity index (χ4n) is 1.32. The minimum atomic E-state index is -0.0740. The average molecular weight is 269 g/mol. The maximum atomic E-state index is 11.5. The highest BCUT2D eigenvalue weighted by Gasteiger charge is 2.10. The van der Waals surface area contributed by atoms with Crippen molar-refractivity contribution in [2.75, 3.05) is 0 Å². The van der Waals surface area contributed by atoms with Crippen molar-refractivity contribution in [1.29, 1.82) is 0 Å². The van der Waals surface area contributed by atoms with Crippen LogP contribution < -0.4 is 10.9 Å². The van der Waals surface area contributed by atoms with Crippen LogP contribution in [0.25, 0.3) is 0 Å². The number of aromatic amines is 1. The van der Waals surface area contributed by atoms with Gasteiger partial charge in [0, 0.05) is 18.2 Å². The van der Waals surface area contributed by atoms with Gasteiger partial charge in [-0.1, -0.05) is 13.8 Å². The van der Waals surface area contributed by atoms with E-state index in [0.29, 0.717) is 11.8 Å². The number of aromatic nitrogens is 2. The van der Waals surface area contributed by atoms with Gasteiger partial charge in [-0.05, 0) is 26.0 Å². The van der Waals surface area contributed by atoms with E-state index < -0.39 is 0 Å². The van der Waals surface area contributed by atoms with E-state index in [1.807, 2.05) is 0 Å². The molecule has 5 heteroatoms. The minimum Gasteiger partial charge on any atom is -0.310 e. The Morgan fingerprint density at radius 2 is 2.11 bits per heavy atom. The van der Waals surface area contributed by atoms with Crippen LogP contribution in [0.15, 0.2) is 10.9 Å². The lowest BCUT2D eigenvalue weighted by molar-refractivity contribution is 0.420. The zero-order valence-electron chi connectivity index (χ0n) is 11.8. The third kappa shape index (κ3) is 6.21.